The second-order valence-electron chi connectivity index (χ2n) is 4.08. The number of rotatable bonds is 2. The van der Waals surface area contributed by atoms with E-state index in [1.54, 1.807) is 12.1 Å². The molecule has 1 aliphatic heterocycles. The van der Waals surface area contributed by atoms with Crippen LogP contribution in [0.15, 0.2) is 18.3 Å². The van der Waals surface area contributed by atoms with Crippen molar-refractivity contribution in [1.82, 2.24) is 15.6 Å². The highest BCUT2D eigenvalue weighted by Crippen LogP contribution is 2.07. The molecule has 1 aliphatic rings. The molecule has 1 aromatic rings. The van der Waals surface area contributed by atoms with Crippen molar-refractivity contribution in [3.63, 3.8) is 0 Å². The number of aromatic nitrogens is 1. The first kappa shape index (κ1) is 12.8. The summed E-state index contributed by atoms with van der Waals surface area (Å²) in [6.07, 6.45) is 1.89. The minimum Gasteiger partial charge on any atom is -0.397 e. The Bertz CT molecular complexity index is 514. The molecule has 19 heavy (non-hydrogen) atoms. The van der Waals surface area contributed by atoms with E-state index in [1.165, 1.54) is 6.20 Å². The normalized spacial score (nSPS) is 18.6. The average molecular weight is 263 g/mol. The molecule has 1 saturated heterocycles. The highest BCUT2D eigenvalue weighted by molar-refractivity contribution is 6.02. The van der Waals surface area contributed by atoms with Gasteiger partial charge < -0.3 is 11.1 Å². The number of imide groups is 1. The molecule has 1 aromatic heterocycles. The van der Waals surface area contributed by atoms with Crippen molar-refractivity contribution < 1.29 is 14.4 Å². The lowest BCUT2D eigenvalue weighted by Crippen LogP contribution is -2.53. The highest BCUT2D eigenvalue weighted by Gasteiger charge is 2.27. The molecule has 2 rings (SSSR count). The Balaban J connectivity index is 1.89. The zero-order chi connectivity index (χ0) is 13.8. The number of nitrogens with two attached hydrogens (primary N) is 1. The van der Waals surface area contributed by atoms with Gasteiger partial charge in [0.1, 0.15) is 11.9 Å². The van der Waals surface area contributed by atoms with Crippen LogP contribution in [0.5, 0.6) is 0 Å². The molecular formula is C11H13N5O3. The van der Waals surface area contributed by atoms with Gasteiger partial charge in [0, 0.05) is 6.42 Å². The van der Waals surface area contributed by atoms with Crippen molar-refractivity contribution in [2.45, 2.75) is 18.9 Å². The molecular weight excluding hydrogens is 250 g/mol. The Morgan fingerprint density at radius 1 is 1.42 bits per heavy atom. The third-order valence-electron chi connectivity index (χ3n) is 2.57. The van der Waals surface area contributed by atoms with Gasteiger partial charge in [0.2, 0.25) is 11.8 Å². The number of nitrogen functional groups attached to an aromatic ring is 1. The molecule has 2 heterocycles. The molecule has 0 radical (unpaired) electrons. The maximum Gasteiger partial charge on any atom is 0.321 e. The third-order valence-corrected chi connectivity index (χ3v) is 2.57. The van der Waals surface area contributed by atoms with Crippen LogP contribution in [0.1, 0.15) is 12.8 Å². The van der Waals surface area contributed by atoms with Crippen molar-refractivity contribution >= 4 is 29.4 Å². The molecule has 8 heteroatoms. The molecule has 1 atom stereocenters. The lowest BCUT2D eigenvalue weighted by atomic mass is 10.1. The van der Waals surface area contributed by atoms with Gasteiger partial charge in [-0.25, -0.2) is 9.78 Å². The SMILES string of the molecule is Nc1ccc(NC(=O)NC2CCC(=O)NC2=O)nc1. The van der Waals surface area contributed by atoms with Crippen LogP contribution in [0.25, 0.3) is 0 Å². The molecule has 0 spiro atoms. The smallest absolute Gasteiger partial charge is 0.321 e. The van der Waals surface area contributed by atoms with E-state index in [0.29, 0.717) is 11.5 Å². The van der Waals surface area contributed by atoms with Gasteiger partial charge >= 0.3 is 6.03 Å². The predicted octanol–water partition coefficient (Wildman–Crippen LogP) is -0.410. The van der Waals surface area contributed by atoms with E-state index in [1.807, 2.05) is 0 Å². The Morgan fingerprint density at radius 3 is 2.84 bits per heavy atom. The molecule has 0 aliphatic carbocycles. The van der Waals surface area contributed by atoms with Crippen molar-refractivity contribution in [1.29, 1.82) is 0 Å². The summed E-state index contributed by atoms with van der Waals surface area (Å²) in [4.78, 5) is 37.9. The molecule has 0 bridgehead atoms. The number of carbonyl (C=O) groups excluding carboxylic acids is 3. The monoisotopic (exact) mass is 263 g/mol. The predicted molar refractivity (Wildman–Crippen MR) is 67.0 cm³/mol. The van der Waals surface area contributed by atoms with E-state index in [2.05, 4.69) is 20.9 Å². The first-order valence-electron chi connectivity index (χ1n) is 5.67. The van der Waals surface area contributed by atoms with Gasteiger partial charge in [0.05, 0.1) is 11.9 Å². The number of hydrogen-bond acceptors (Lipinski definition) is 5. The summed E-state index contributed by atoms with van der Waals surface area (Å²) in [5, 5.41) is 7.09. The number of urea groups is 1. The number of nitrogens with zero attached hydrogens (tertiary/aromatic N) is 1. The quantitative estimate of drug-likeness (QED) is 0.539. The van der Waals surface area contributed by atoms with E-state index < -0.39 is 18.0 Å². The van der Waals surface area contributed by atoms with Gasteiger partial charge in [0.25, 0.3) is 0 Å². The minimum absolute atomic E-state index is 0.205. The highest BCUT2D eigenvalue weighted by atomic mass is 16.2. The summed E-state index contributed by atoms with van der Waals surface area (Å²) in [6.45, 7) is 0. The summed E-state index contributed by atoms with van der Waals surface area (Å²) in [6, 6.07) is 1.85. The minimum atomic E-state index is -0.716. The third kappa shape index (κ3) is 3.41. The first-order valence-corrected chi connectivity index (χ1v) is 5.67. The average Bonchev–Trinajstić information content (AvgIpc) is 2.36. The zero-order valence-electron chi connectivity index (χ0n) is 9.97. The molecule has 1 fully saturated rings. The largest absolute Gasteiger partial charge is 0.397 e. The maximum absolute atomic E-state index is 11.6. The Morgan fingerprint density at radius 2 is 2.21 bits per heavy atom. The van der Waals surface area contributed by atoms with Crippen molar-refractivity contribution in [3.05, 3.63) is 18.3 Å². The number of hydrogen-bond donors (Lipinski definition) is 4. The van der Waals surface area contributed by atoms with E-state index in [-0.39, 0.29) is 18.7 Å². The lowest BCUT2D eigenvalue weighted by molar-refractivity contribution is -0.134. The maximum atomic E-state index is 11.6. The number of amides is 4. The molecule has 1 unspecified atom stereocenters. The van der Waals surface area contributed by atoms with Crippen LogP contribution < -0.4 is 21.7 Å². The topological polar surface area (TPSA) is 126 Å². The van der Waals surface area contributed by atoms with Gasteiger partial charge in [-0.05, 0) is 18.6 Å². The summed E-state index contributed by atoms with van der Waals surface area (Å²) in [5.74, 6) is -0.515. The summed E-state index contributed by atoms with van der Waals surface area (Å²) >= 11 is 0. The van der Waals surface area contributed by atoms with E-state index in [0.717, 1.165) is 0 Å². The number of anilines is 2. The second-order valence-corrected chi connectivity index (χ2v) is 4.08. The van der Waals surface area contributed by atoms with E-state index in [4.69, 9.17) is 5.73 Å². The zero-order valence-corrected chi connectivity index (χ0v) is 9.97. The van der Waals surface area contributed by atoms with Crippen molar-refractivity contribution in [2.75, 3.05) is 11.1 Å². The van der Waals surface area contributed by atoms with Crippen LogP contribution in [0.3, 0.4) is 0 Å². The van der Waals surface area contributed by atoms with E-state index >= 15 is 0 Å². The fraction of sp³-hybridized carbons (Fsp3) is 0.273. The molecule has 5 N–H and O–H groups in total. The second kappa shape index (κ2) is 5.34. The van der Waals surface area contributed by atoms with E-state index in [9.17, 15) is 14.4 Å². The molecule has 0 saturated carbocycles. The number of pyridine rings is 1. The van der Waals surface area contributed by atoms with Gasteiger partial charge in [-0.3, -0.25) is 20.2 Å². The van der Waals surface area contributed by atoms with Crippen LogP contribution in [0.4, 0.5) is 16.3 Å². The van der Waals surface area contributed by atoms with Gasteiger partial charge in [-0.15, -0.1) is 0 Å². The molecule has 100 valence electrons. The van der Waals surface area contributed by atoms with Crippen LogP contribution in [0.2, 0.25) is 0 Å². The van der Waals surface area contributed by atoms with Crippen LogP contribution >= 0.6 is 0 Å². The van der Waals surface area contributed by atoms with Gasteiger partial charge in [0.15, 0.2) is 0 Å². The van der Waals surface area contributed by atoms with Crippen LogP contribution in [0, 0.1) is 0 Å². The standard InChI is InChI=1S/C11H13N5O3/c12-6-1-3-8(13-5-6)15-11(19)14-7-2-4-9(17)16-10(7)18/h1,3,5,7H,2,4,12H2,(H,16,17,18)(H2,13,14,15,19). The summed E-state index contributed by atoms with van der Waals surface area (Å²) in [7, 11) is 0. The number of nitrogens with one attached hydrogen (secondary N) is 3. The molecule has 4 amide bonds. The number of piperidine rings is 1. The lowest BCUT2D eigenvalue weighted by Gasteiger charge is -2.21. The van der Waals surface area contributed by atoms with Crippen LogP contribution in [-0.4, -0.2) is 28.9 Å². The summed E-state index contributed by atoms with van der Waals surface area (Å²) < 4.78 is 0. The first-order chi connectivity index (χ1) is 9.04. The Labute approximate surface area is 108 Å². The van der Waals surface area contributed by atoms with Crippen molar-refractivity contribution in [2.24, 2.45) is 0 Å². The van der Waals surface area contributed by atoms with Crippen LogP contribution in [-0.2, 0) is 9.59 Å². The molecule has 8 nitrogen and oxygen atoms in total. The fourth-order valence-electron chi connectivity index (χ4n) is 1.62. The summed E-state index contributed by atoms with van der Waals surface area (Å²) in [5.41, 5.74) is 5.94. The van der Waals surface area contributed by atoms with Crippen molar-refractivity contribution in [3.8, 4) is 0 Å². The molecule has 0 aromatic carbocycles. The number of carbonyl (C=O) groups is 3. The Kier molecular flexibility index (Phi) is 3.60. The Hall–Kier alpha value is -2.64. The van der Waals surface area contributed by atoms with Gasteiger partial charge in [-0.2, -0.15) is 0 Å². The van der Waals surface area contributed by atoms with Gasteiger partial charge in [-0.1, -0.05) is 0 Å². The fourth-order valence-corrected chi connectivity index (χ4v) is 1.62.